The van der Waals surface area contributed by atoms with Crippen LogP contribution in [0.3, 0.4) is 0 Å². The molecule has 1 N–H and O–H groups in total. The first-order valence-electron chi connectivity index (χ1n) is 4.95. The summed E-state index contributed by atoms with van der Waals surface area (Å²) in [5.41, 5.74) is -1.07. The molecule has 0 spiro atoms. The molecule has 2 heterocycles. The van der Waals surface area contributed by atoms with E-state index in [0.717, 1.165) is 11.3 Å². The van der Waals surface area contributed by atoms with Gasteiger partial charge in [-0.1, -0.05) is 28.4 Å². The van der Waals surface area contributed by atoms with E-state index >= 15 is 0 Å². The quantitative estimate of drug-likeness (QED) is 0.670. The second-order valence-electron chi connectivity index (χ2n) is 3.88. The molecule has 0 saturated carbocycles. The predicted molar refractivity (Wildman–Crippen MR) is 70.3 cm³/mol. The Bertz CT molecular complexity index is 461. The molecule has 1 aromatic rings. The topological polar surface area (TPSA) is 88.8 Å². The van der Waals surface area contributed by atoms with E-state index in [1.54, 1.807) is 0 Å². The molecule has 100 valence electrons. The third-order valence-electron chi connectivity index (χ3n) is 2.71. The molecule has 1 aliphatic heterocycles. The van der Waals surface area contributed by atoms with Crippen molar-refractivity contribution < 1.29 is 9.66 Å². The summed E-state index contributed by atoms with van der Waals surface area (Å²) < 4.78 is 14.3. The second kappa shape index (κ2) is 5.58. The van der Waals surface area contributed by atoms with Crippen molar-refractivity contribution in [1.29, 1.82) is 0 Å². The van der Waals surface area contributed by atoms with E-state index in [-0.39, 0.29) is 22.8 Å². The zero-order valence-corrected chi connectivity index (χ0v) is 12.2. The molecule has 10 heteroatoms. The van der Waals surface area contributed by atoms with Crippen molar-refractivity contribution in [3.05, 3.63) is 14.5 Å². The van der Waals surface area contributed by atoms with Gasteiger partial charge in [-0.3, -0.25) is 0 Å². The molecule has 0 bridgehead atoms. The fourth-order valence-corrected chi connectivity index (χ4v) is 4.92. The number of rotatable bonds is 4. The molecule has 0 amide bonds. The first-order chi connectivity index (χ1) is 8.51. The number of aliphatic hydroxyl groups is 1. The van der Waals surface area contributed by atoms with Gasteiger partial charge in [-0.15, -0.1) is 4.31 Å². The lowest BCUT2D eigenvalue weighted by Crippen LogP contribution is -2.37. The minimum absolute atomic E-state index is 0.101. The smallest absolute Gasteiger partial charge is 0.268 e. The van der Waals surface area contributed by atoms with Gasteiger partial charge in [0.2, 0.25) is 0 Å². The maximum atomic E-state index is 12.2. The number of aliphatic hydroxyl groups excluding tert-OH is 1. The molecule has 2 unspecified atom stereocenters. The van der Waals surface area contributed by atoms with Crippen molar-refractivity contribution in [3.63, 3.8) is 0 Å². The molecule has 6 nitrogen and oxygen atoms in total. The van der Waals surface area contributed by atoms with E-state index in [9.17, 15) is 9.46 Å². The van der Waals surface area contributed by atoms with Gasteiger partial charge >= 0.3 is 0 Å². The Hall–Kier alpha value is 0.0400. The summed E-state index contributed by atoms with van der Waals surface area (Å²) in [7, 11) is 0. The van der Waals surface area contributed by atoms with Crippen LogP contribution in [-0.4, -0.2) is 44.2 Å². The van der Waals surface area contributed by atoms with Crippen LogP contribution in [-0.2, 0) is 11.4 Å². The average molecular weight is 330 g/mol. The Balaban J connectivity index is 2.14. The molecule has 0 aromatic carbocycles. The molecular formula is C8H9Cl2N3O3S2. The van der Waals surface area contributed by atoms with Gasteiger partial charge < -0.3 is 9.66 Å². The summed E-state index contributed by atoms with van der Waals surface area (Å²) in [5, 5.41) is 12.2. The number of hydrogen-bond donors (Lipinski definition) is 1. The molecule has 0 radical (unpaired) electrons. The molecular weight excluding hydrogens is 321 g/mol. The van der Waals surface area contributed by atoms with E-state index < -0.39 is 16.9 Å². The first-order valence-corrected chi connectivity index (χ1v) is 7.63. The third-order valence-corrected chi connectivity index (χ3v) is 6.13. The summed E-state index contributed by atoms with van der Waals surface area (Å²) in [4.78, 5) is 14.5. The largest absolute Gasteiger partial charge is 0.592 e. The van der Waals surface area contributed by atoms with Crippen LogP contribution >= 0.6 is 34.5 Å². The minimum atomic E-state index is -1.54. The molecule has 1 fully saturated rings. The monoisotopic (exact) mass is 329 g/mol. The van der Waals surface area contributed by atoms with E-state index in [4.69, 9.17) is 28.3 Å². The van der Waals surface area contributed by atoms with Crippen LogP contribution in [0.15, 0.2) is 9.39 Å². The van der Waals surface area contributed by atoms with Crippen molar-refractivity contribution in [3.8, 4) is 0 Å². The number of aromatic nitrogens is 1. The van der Waals surface area contributed by atoms with Gasteiger partial charge in [0.15, 0.2) is 9.62 Å². The number of hydrogen-bond acceptors (Lipinski definition) is 7. The molecule has 2 atom stereocenters. The van der Waals surface area contributed by atoms with Gasteiger partial charge in [-0.05, 0) is 17.8 Å². The van der Waals surface area contributed by atoms with Gasteiger partial charge in [-0.25, -0.2) is 4.98 Å². The Morgan fingerprint density at radius 2 is 2.39 bits per heavy atom. The normalized spacial score (nSPS) is 26.4. The van der Waals surface area contributed by atoms with Crippen molar-refractivity contribution in [1.82, 2.24) is 9.29 Å². The van der Waals surface area contributed by atoms with E-state index in [1.165, 1.54) is 4.31 Å². The predicted octanol–water partition coefficient (Wildman–Crippen LogP) is 1.68. The molecule has 1 saturated heterocycles. The first kappa shape index (κ1) is 14.4. The van der Waals surface area contributed by atoms with Crippen LogP contribution in [0.5, 0.6) is 0 Å². The minimum Gasteiger partial charge on any atom is -0.592 e. The van der Waals surface area contributed by atoms with Crippen LogP contribution in [0.1, 0.15) is 6.42 Å². The SMILES string of the molecule is O=NC1(CO)CCN([S+]([O-])c2sc(Cl)nc2Cl)C1. The van der Waals surface area contributed by atoms with Crippen LogP contribution in [0.2, 0.25) is 9.62 Å². The maximum Gasteiger partial charge on any atom is 0.268 e. The van der Waals surface area contributed by atoms with Crippen LogP contribution < -0.4 is 0 Å². The third kappa shape index (κ3) is 2.64. The summed E-state index contributed by atoms with van der Waals surface area (Å²) >= 11 is 11.0. The van der Waals surface area contributed by atoms with E-state index in [2.05, 4.69) is 10.2 Å². The van der Waals surface area contributed by atoms with Crippen molar-refractivity contribution in [2.75, 3.05) is 19.7 Å². The summed E-state index contributed by atoms with van der Waals surface area (Å²) in [6.07, 6.45) is 0.364. The molecule has 0 aliphatic carbocycles. The molecule has 1 aromatic heterocycles. The lowest BCUT2D eigenvalue weighted by atomic mass is 10.0. The number of thiazole rings is 1. The number of halogens is 2. The lowest BCUT2D eigenvalue weighted by Gasteiger charge is -2.20. The van der Waals surface area contributed by atoms with E-state index in [0.29, 0.717) is 17.2 Å². The molecule has 18 heavy (non-hydrogen) atoms. The Labute approximate surface area is 120 Å². The van der Waals surface area contributed by atoms with Gasteiger partial charge in [0.05, 0.1) is 24.5 Å². The average Bonchev–Trinajstić information content (AvgIpc) is 2.93. The number of nitrogens with zero attached hydrogens (tertiary/aromatic N) is 3. The van der Waals surface area contributed by atoms with Crippen LogP contribution in [0, 0.1) is 4.91 Å². The van der Waals surface area contributed by atoms with Crippen molar-refractivity contribution in [2.24, 2.45) is 5.18 Å². The Morgan fingerprint density at radius 3 is 2.83 bits per heavy atom. The highest BCUT2D eigenvalue weighted by Crippen LogP contribution is 2.36. The van der Waals surface area contributed by atoms with Gasteiger partial charge in [0.1, 0.15) is 5.54 Å². The summed E-state index contributed by atoms with van der Waals surface area (Å²) in [5.74, 6) is 0. The highest BCUT2D eigenvalue weighted by atomic mass is 35.5. The van der Waals surface area contributed by atoms with Crippen LogP contribution in [0.25, 0.3) is 0 Å². The standard InChI is InChI=1S/C8H9Cl2N3O3S2/c9-5-6(17-7(10)11-5)18(16)13-2-1-8(3-13,4-14)12-15/h14H,1-4H2. The summed E-state index contributed by atoms with van der Waals surface area (Å²) in [6, 6.07) is 0. The Morgan fingerprint density at radius 1 is 1.67 bits per heavy atom. The molecule has 1 aliphatic rings. The highest BCUT2D eigenvalue weighted by molar-refractivity contribution is 7.91. The highest BCUT2D eigenvalue weighted by Gasteiger charge is 2.45. The second-order valence-corrected chi connectivity index (χ2v) is 7.50. The fourth-order valence-electron chi connectivity index (χ4n) is 1.68. The Kier molecular flexibility index (Phi) is 4.48. The fraction of sp³-hybridized carbons (Fsp3) is 0.625. The van der Waals surface area contributed by atoms with Gasteiger partial charge in [-0.2, -0.15) is 4.91 Å². The van der Waals surface area contributed by atoms with Crippen molar-refractivity contribution in [2.45, 2.75) is 16.2 Å². The summed E-state index contributed by atoms with van der Waals surface area (Å²) in [6.45, 7) is 0.164. The van der Waals surface area contributed by atoms with Crippen molar-refractivity contribution >= 4 is 45.9 Å². The number of nitroso groups, excluding NO2 is 1. The zero-order valence-electron chi connectivity index (χ0n) is 9.01. The maximum absolute atomic E-state index is 12.2. The van der Waals surface area contributed by atoms with E-state index in [1.807, 2.05) is 0 Å². The van der Waals surface area contributed by atoms with Gasteiger partial charge in [0.25, 0.3) is 4.21 Å². The zero-order chi connectivity index (χ0) is 13.3. The lowest BCUT2D eigenvalue weighted by molar-refractivity contribution is 0.204. The molecule has 2 rings (SSSR count). The van der Waals surface area contributed by atoms with Crippen LogP contribution in [0.4, 0.5) is 0 Å². The van der Waals surface area contributed by atoms with Gasteiger partial charge in [0, 0.05) is 6.54 Å².